The van der Waals surface area contributed by atoms with E-state index in [1.165, 1.54) is 0 Å². The van der Waals surface area contributed by atoms with Crippen LogP contribution in [0.3, 0.4) is 0 Å². The molecule has 1 unspecified atom stereocenters. The smallest absolute Gasteiger partial charge is 0.316 e. The Labute approximate surface area is 162 Å². The second-order valence-corrected chi connectivity index (χ2v) is 7.27. The lowest BCUT2D eigenvalue weighted by Crippen LogP contribution is -2.24. The number of rotatable bonds is 8. The molecule has 7 heteroatoms. The molecule has 2 rings (SSSR count). The summed E-state index contributed by atoms with van der Waals surface area (Å²) in [5.74, 6) is -1.50. The Hall–Kier alpha value is -2.80. The number of carboxylic acid groups (broad SMARTS) is 1. The minimum absolute atomic E-state index is 0.195. The standard InChI is InChI=1S/C20H22N2O4S/c1-3-11-21-18(23)14-7-6-8-15(12-14)22-19(24)16-9-4-5-10-17(16)27-13(2)20(25)26/h4-10,12-13H,3,11H2,1-2H3,(H,21,23)(H,22,24)(H,25,26). The van der Waals surface area contributed by atoms with Gasteiger partial charge >= 0.3 is 5.97 Å². The predicted molar refractivity (Wildman–Crippen MR) is 106 cm³/mol. The van der Waals surface area contributed by atoms with Crippen molar-refractivity contribution in [3.8, 4) is 0 Å². The average molecular weight is 386 g/mol. The Bertz CT molecular complexity index is 838. The fraction of sp³-hybridized carbons (Fsp3) is 0.250. The van der Waals surface area contributed by atoms with Crippen LogP contribution in [0.1, 0.15) is 41.0 Å². The number of hydrogen-bond acceptors (Lipinski definition) is 4. The largest absolute Gasteiger partial charge is 0.480 e. The third kappa shape index (κ3) is 5.86. The van der Waals surface area contributed by atoms with Gasteiger partial charge in [0.05, 0.1) is 5.56 Å². The van der Waals surface area contributed by atoms with Gasteiger partial charge in [-0.15, -0.1) is 11.8 Å². The number of hydrogen-bond donors (Lipinski definition) is 3. The van der Waals surface area contributed by atoms with E-state index >= 15 is 0 Å². The molecule has 0 spiro atoms. The zero-order valence-electron chi connectivity index (χ0n) is 15.2. The molecule has 0 fully saturated rings. The Kier molecular flexibility index (Phi) is 7.43. The van der Waals surface area contributed by atoms with Crippen LogP contribution in [0, 0.1) is 0 Å². The van der Waals surface area contributed by atoms with Crippen molar-refractivity contribution in [2.24, 2.45) is 0 Å². The molecule has 0 bridgehead atoms. The zero-order chi connectivity index (χ0) is 19.8. The maximum absolute atomic E-state index is 12.7. The van der Waals surface area contributed by atoms with Gasteiger partial charge < -0.3 is 15.7 Å². The van der Waals surface area contributed by atoms with E-state index in [4.69, 9.17) is 5.11 Å². The van der Waals surface area contributed by atoms with Gasteiger partial charge in [0.1, 0.15) is 5.25 Å². The molecule has 142 valence electrons. The molecule has 0 saturated carbocycles. The van der Waals surface area contributed by atoms with Crippen LogP contribution in [0.2, 0.25) is 0 Å². The van der Waals surface area contributed by atoms with Gasteiger partial charge in [0.25, 0.3) is 11.8 Å². The minimum atomic E-state index is -0.944. The zero-order valence-corrected chi connectivity index (χ0v) is 16.0. The minimum Gasteiger partial charge on any atom is -0.480 e. The van der Waals surface area contributed by atoms with E-state index in [9.17, 15) is 14.4 Å². The number of nitrogens with one attached hydrogen (secondary N) is 2. The van der Waals surface area contributed by atoms with E-state index in [1.54, 1.807) is 55.5 Å². The molecule has 0 aromatic heterocycles. The van der Waals surface area contributed by atoms with Gasteiger partial charge in [-0.25, -0.2) is 0 Å². The molecule has 2 aromatic rings. The number of thioether (sulfide) groups is 1. The van der Waals surface area contributed by atoms with Crippen molar-refractivity contribution in [2.75, 3.05) is 11.9 Å². The van der Waals surface area contributed by atoms with Gasteiger partial charge in [-0.05, 0) is 43.7 Å². The first kappa shape index (κ1) is 20.5. The van der Waals surface area contributed by atoms with Gasteiger partial charge in [0, 0.05) is 22.7 Å². The van der Waals surface area contributed by atoms with Crippen LogP contribution < -0.4 is 10.6 Å². The average Bonchev–Trinajstić information content (AvgIpc) is 2.66. The second-order valence-electron chi connectivity index (χ2n) is 5.89. The van der Waals surface area contributed by atoms with Crippen LogP contribution >= 0.6 is 11.8 Å². The summed E-state index contributed by atoms with van der Waals surface area (Å²) in [4.78, 5) is 36.4. The Balaban J connectivity index is 2.16. The Morgan fingerprint density at radius 3 is 2.52 bits per heavy atom. The van der Waals surface area contributed by atoms with Gasteiger partial charge in [-0.2, -0.15) is 0 Å². The van der Waals surface area contributed by atoms with Crippen molar-refractivity contribution in [3.05, 3.63) is 59.7 Å². The van der Waals surface area contributed by atoms with E-state index < -0.39 is 11.2 Å². The molecule has 1 atom stereocenters. The van der Waals surface area contributed by atoms with E-state index in [0.29, 0.717) is 28.3 Å². The molecule has 0 heterocycles. The highest BCUT2D eigenvalue weighted by molar-refractivity contribution is 8.00. The van der Waals surface area contributed by atoms with Gasteiger partial charge in [0.2, 0.25) is 0 Å². The second kappa shape index (κ2) is 9.78. The summed E-state index contributed by atoms with van der Waals surface area (Å²) in [5.41, 5.74) is 1.34. The van der Waals surface area contributed by atoms with Gasteiger partial charge in [-0.1, -0.05) is 25.1 Å². The van der Waals surface area contributed by atoms with Crippen LogP contribution in [-0.4, -0.2) is 34.7 Å². The highest BCUT2D eigenvalue weighted by atomic mass is 32.2. The number of aliphatic carboxylic acids is 1. The lowest BCUT2D eigenvalue weighted by atomic mass is 10.1. The monoisotopic (exact) mass is 386 g/mol. The molecule has 3 N–H and O–H groups in total. The number of carboxylic acids is 1. The topological polar surface area (TPSA) is 95.5 Å². The molecule has 0 aliphatic carbocycles. The van der Waals surface area contributed by atoms with Crippen molar-refractivity contribution in [1.82, 2.24) is 5.32 Å². The number of carbonyl (C=O) groups excluding carboxylic acids is 2. The molecule has 0 radical (unpaired) electrons. The van der Waals surface area contributed by atoms with E-state index in [1.807, 2.05) is 6.92 Å². The molecule has 0 aliphatic heterocycles. The third-order valence-corrected chi connectivity index (χ3v) is 4.87. The summed E-state index contributed by atoms with van der Waals surface area (Å²) in [6.45, 7) is 4.12. The first-order valence-corrected chi connectivity index (χ1v) is 9.48. The normalized spacial score (nSPS) is 11.5. The highest BCUT2D eigenvalue weighted by Gasteiger charge is 2.18. The molecule has 0 saturated heterocycles. The first-order chi connectivity index (χ1) is 12.9. The van der Waals surface area contributed by atoms with Crippen LogP contribution in [0.4, 0.5) is 5.69 Å². The number of carbonyl (C=O) groups is 3. The van der Waals surface area contributed by atoms with Crippen molar-refractivity contribution in [1.29, 1.82) is 0 Å². The summed E-state index contributed by atoms with van der Waals surface area (Å²) in [6.07, 6.45) is 0.839. The maximum atomic E-state index is 12.7. The maximum Gasteiger partial charge on any atom is 0.316 e. The van der Waals surface area contributed by atoms with Crippen molar-refractivity contribution in [2.45, 2.75) is 30.4 Å². The van der Waals surface area contributed by atoms with E-state index in [2.05, 4.69) is 10.6 Å². The van der Waals surface area contributed by atoms with Crippen molar-refractivity contribution >= 4 is 35.2 Å². The molecule has 2 aromatic carbocycles. The Morgan fingerprint density at radius 1 is 1.07 bits per heavy atom. The quantitative estimate of drug-likeness (QED) is 0.602. The van der Waals surface area contributed by atoms with E-state index in [0.717, 1.165) is 18.2 Å². The highest BCUT2D eigenvalue weighted by Crippen LogP contribution is 2.27. The fourth-order valence-corrected chi connectivity index (χ4v) is 3.20. The summed E-state index contributed by atoms with van der Waals surface area (Å²) in [6, 6.07) is 13.5. The molecule has 6 nitrogen and oxygen atoms in total. The van der Waals surface area contributed by atoms with Crippen molar-refractivity contribution in [3.63, 3.8) is 0 Å². The number of anilines is 1. The van der Waals surface area contributed by atoms with Crippen molar-refractivity contribution < 1.29 is 19.5 Å². The molecule has 0 aliphatic rings. The van der Waals surface area contributed by atoms with Crippen LogP contribution in [0.25, 0.3) is 0 Å². The van der Waals surface area contributed by atoms with Crippen LogP contribution in [0.5, 0.6) is 0 Å². The number of amides is 2. The summed E-state index contributed by atoms with van der Waals surface area (Å²) in [7, 11) is 0. The fourth-order valence-electron chi connectivity index (χ4n) is 2.28. The first-order valence-electron chi connectivity index (χ1n) is 8.60. The van der Waals surface area contributed by atoms with Crippen LogP contribution in [0.15, 0.2) is 53.4 Å². The van der Waals surface area contributed by atoms with Gasteiger partial charge in [0.15, 0.2) is 0 Å². The predicted octanol–water partition coefficient (Wildman–Crippen LogP) is 3.64. The summed E-state index contributed by atoms with van der Waals surface area (Å²) in [5, 5.41) is 14.0. The lowest BCUT2D eigenvalue weighted by Gasteiger charge is -2.12. The SMILES string of the molecule is CCCNC(=O)c1cccc(NC(=O)c2ccccc2SC(C)C(=O)O)c1. The van der Waals surface area contributed by atoms with Crippen LogP contribution in [-0.2, 0) is 4.79 Å². The molecular weight excluding hydrogens is 364 g/mol. The summed E-state index contributed by atoms with van der Waals surface area (Å²) < 4.78 is 0. The van der Waals surface area contributed by atoms with E-state index in [-0.39, 0.29) is 11.8 Å². The lowest BCUT2D eigenvalue weighted by molar-refractivity contribution is -0.136. The third-order valence-electron chi connectivity index (χ3n) is 3.70. The molecule has 27 heavy (non-hydrogen) atoms. The molecular formula is C20H22N2O4S. The number of benzene rings is 2. The molecule has 2 amide bonds. The Morgan fingerprint density at radius 2 is 1.81 bits per heavy atom. The summed E-state index contributed by atoms with van der Waals surface area (Å²) >= 11 is 1.11. The van der Waals surface area contributed by atoms with Gasteiger partial charge in [-0.3, -0.25) is 14.4 Å².